The molecule has 6 nitrogen and oxygen atoms in total. The molecule has 7 heteroatoms. The van der Waals surface area contributed by atoms with E-state index in [0.29, 0.717) is 29.7 Å². The van der Waals surface area contributed by atoms with Crippen molar-refractivity contribution < 1.29 is 19.1 Å². The van der Waals surface area contributed by atoms with Crippen molar-refractivity contribution in [3.05, 3.63) is 23.2 Å². The maximum Gasteiger partial charge on any atom is 0.246 e. The quantitative estimate of drug-likeness (QED) is 0.753. The Morgan fingerprint density at radius 2 is 2.05 bits per heavy atom. The van der Waals surface area contributed by atoms with Crippen LogP contribution in [0.4, 0.5) is 5.69 Å². The number of benzene rings is 1. The van der Waals surface area contributed by atoms with Crippen molar-refractivity contribution in [2.24, 2.45) is 0 Å². The van der Waals surface area contributed by atoms with E-state index in [4.69, 9.17) is 21.1 Å². The first-order chi connectivity index (χ1) is 9.93. The Bertz CT molecular complexity index is 508. The van der Waals surface area contributed by atoms with Gasteiger partial charge in [0.15, 0.2) is 0 Å². The fourth-order valence-electron chi connectivity index (χ4n) is 1.55. The van der Waals surface area contributed by atoms with Gasteiger partial charge in [0.2, 0.25) is 11.8 Å². The third-order valence-electron chi connectivity index (χ3n) is 2.56. The van der Waals surface area contributed by atoms with Crippen LogP contribution in [-0.2, 0) is 14.3 Å². The maximum atomic E-state index is 11.8. The van der Waals surface area contributed by atoms with E-state index in [1.165, 1.54) is 6.92 Å². The highest BCUT2D eigenvalue weighted by atomic mass is 35.5. The van der Waals surface area contributed by atoms with Gasteiger partial charge in [-0.3, -0.25) is 9.59 Å². The number of hydrogen-bond acceptors (Lipinski definition) is 4. The average Bonchev–Trinajstić information content (AvgIpc) is 2.40. The van der Waals surface area contributed by atoms with Gasteiger partial charge in [0, 0.05) is 19.7 Å². The van der Waals surface area contributed by atoms with Crippen molar-refractivity contribution in [3.63, 3.8) is 0 Å². The summed E-state index contributed by atoms with van der Waals surface area (Å²) in [7, 11) is 1.58. The lowest BCUT2D eigenvalue weighted by molar-refractivity contribution is -0.124. The normalized spacial score (nSPS) is 11.6. The van der Waals surface area contributed by atoms with Crippen molar-refractivity contribution in [2.75, 3.05) is 25.6 Å². The summed E-state index contributed by atoms with van der Waals surface area (Å²) in [6.45, 7) is 3.80. The summed E-state index contributed by atoms with van der Waals surface area (Å²) in [5, 5.41) is 5.55. The zero-order chi connectivity index (χ0) is 15.8. The van der Waals surface area contributed by atoms with Crippen LogP contribution < -0.4 is 15.4 Å². The largest absolute Gasteiger partial charge is 0.490 e. The molecule has 1 unspecified atom stereocenters. The van der Waals surface area contributed by atoms with Crippen LogP contribution in [0.3, 0.4) is 0 Å². The molecule has 0 heterocycles. The maximum absolute atomic E-state index is 11.8. The summed E-state index contributed by atoms with van der Waals surface area (Å²) in [4.78, 5) is 22.7. The average molecular weight is 315 g/mol. The smallest absolute Gasteiger partial charge is 0.246 e. The molecule has 0 radical (unpaired) electrons. The van der Waals surface area contributed by atoms with Gasteiger partial charge in [-0.2, -0.15) is 0 Å². The first kappa shape index (κ1) is 17.3. The molecular formula is C14H19ClN2O4. The molecule has 21 heavy (non-hydrogen) atoms. The molecule has 0 aliphatic heterocycles. The van der Waals surface area contributed by atoms with Crippen molar-refractivity contribution in [2.45, 2.75) is 19.9 Å². The highest BCUT2D eigenvalue weighted by Gasteiger charge is 2.14. The molecule has 1 aromatic rings. The van der Waals surface area contributed by atoms with E-state index in [1.54, 1.807) is 32.2 Å². The predicted molar refractivity (Wildman–Crippen MR) is 80.7 cm³/mol. The molecule has 0 bridgehead atoms. The van der Waals surface area contributed by atoms with Gasteiger partial charge in [0.05, 0.1) is 11.6 Å². The van der Waals surface area contributed by atoms with Crippen LogP contribution >= 0.6 is 11.6 Å². The third kappa shape index (κ3) is 6.01. The molecule has 0 aliphatic carbocycles. The van der Waals surface area contributed by atoms with Crippen LogP contribution in [0.1, 0.15) is 13.8 Å². The van der Waals surface area contributed by atoms with Crippen molar-refractivity contribution >= 4 is 29.1 Å². The summed E-state index contributed by atoms with van der Waals surface area (Å²) in [5.41, 5.74) is 0.529. The van der Waals surface area contributed by atoms with E-state index >= 15 is 0 Å². The van der Waals surface area contributed by atoms with Gasteiger partial charge in [0.25, 0.3) is 0 Å². The second-order valence-electron chi connectivity index (χ2n) is 4.40. The summed E-state index contributed by atoms with van der Waals surface area (Å²) in [5.74, 6) is -0.0754. The van der Waals surface area contributed by atoms with Gasteiger partial charge in [-0.1, -0.05) is 11.6 Å². The lowest BCUT2D eigenvalue weighted by Gasteiger charge is -2.14. The van der Waals surface area contributed by atoms with E-state index in [1.807, 2.05) is 0 Å². The molecule has 0 spiro atoms. The van der Waals surface area contributed by atoms with Gasteiger partial charge in [0.1, 0.15) is 18.4 Å². The highest BCUT2D eigenvalue weighted by Crippen LogP contribution is 2.27. The van der Waals surface area contributed by atoms with Gasteiger partial charge in [-0.05, 0) is 25.1 Å². The summed E-state index contributed by atoms with van der Waals surface area (Å²) in [6.07, 6.45) is 0. The summed E-state index contributed by atoms with van der Waals surface area (Å²) >= 11 is 6.07. The first-order valence-corrected chi connectivity index (χ1v) is 6.81. The Morgan fingerprint density at radius 1 is 1.33 bits per heavy atom. The van der Waals surface area contributed by atoms with Crippen molar-refractivity contribution in [1.82, 2.24) is 5.32 Å². The minimum Gasteiger partial charge on any atom is -0.490 e. The van der Waals surface area contributed by atoms with Crippen LogP contribution in [-0.4, -0.2) is 38.2 Å². The number of carbonyl (C=O) groups excluding carboxylic acids is 2. The molecule has 0 fully saturated rings. The molecule has 2 N–H and O–H groups in total. The van der Waals surface area contributed by atoms with E-state index in [-0.39, 0.29) is 11.8 Å². The van der Waals surface area contributed by atoms with E-state index in [2.05, 4.69) is 10.6 Å². The fourth-order valence-corrected chi connectivity index (χ4v) is 1.79. The topological polar surface area (TPSA) is 76.7 Å². The SMILES string of the molecule is COCCOc1ccc(NC(=O)C(C)NC(C)=O)cc1Cl. The summed E-state index contributed by atoms with van der Waals surface area (Å²) in [6, 6.07) is 4.30. The Hall–Kier alpha value is -1.79. The van der Waals surface area contributed by atoms with E-state index < -0.39 is 6.04 Å². The van der Waals surface area contributed by atoms with Gasteiger partial charge >= 0.3 is 0 Å². The number of methoxy groups -OCH3 is 1. The molecule has 1 aromatic carbocycles. The Kier molecular flexibility index (Phi) is 6.98. The molecule has 1 rings (SSSR count). The molecular weight excluding hydrogens is 296 g/mol. The molecule has 2 amide bonds. The number of ether oxygens (including phenoxy) is 2. The second-order valence-corrected chi connectivity index (χ2v) is 4.81. The number of halogens is 1. The standard InChI is InChI=1S/C14H19ClN2O4/c1-9(16-10(2)18)14(19)17-11-4-5-13(12(15)8-11)21-7-6-20-3/h4-5,8-9H,6-7H2,1-3H3,(H,16,18)(H,17,19). The lowest BCUT2D eigenvalue weighted by atomic mass is 10.2. The van der Waals surface area contributed by atoms with Crippen LogP contribution in [0.15, 0.2) is 18.2 Å². The lowest BCUT2D eigenvalue weighted by Crippen LogP contribution is -2.40. The first-order valence-electron chi connectivity index (χ1n) is 6.43. The van der Waals surface area contributed by atoms with Crippen molar-refractivity contribution in [3.8, 4) is 5.75 Å². The zero-order valence-electron chi connectivity index (χ0n) is 12.2. The molecule has 116 valence electrons. The Labute approximate surface area is 128 Å². The molecule has 0 saturated heterocycles. The monoisotopic (exact) mass is 314 g/mol. The second kappa shape index (κ2) is 8.49. The van der Waals surface area contributed by atoms with Gasteiger partial charge < -0.3 is 20.1 Å². The minimum absolute atomic E-state index is 0.266. The fraction of sp³-hybridized carbons (Fsp3) is 0.429. The molecule has 0 aromatic heterocycles. The number of amides is 2. The third-order valence-corrected chi connectivity index (χ3v) is 2.85. The Balaban J connectivity index is 2.62. The Morgan fingerprint density at radius 3 is 2.62 bits per heavy atom. The van der Waals surface area contributed by atoms with Crippen LogP contribution in [0.5, 0.6) is 5.75 Å². The molecule has 0 saturated carbocycles. The van der Waals surface area contributed by atoms with E-state index in [0.717, 1.165) is 0 Å². The molecule has 1 atom stereocenters. The number of carbonyl (C=O) groups is 2. The number of anilines is 1. The zero-order valence-corrected chi connectivity index (χ0v) is 13.0. The van der Waals surface area contributed by atoms with Gasteiger partial charge in [-0.15, -0.1) is 0 Å². The number of hydrogen-bond donors (Lipinski definition) is 2. The predicted octanol–water partition coefficient (Wildman–Crippen LogP) is 1.83. The minimum atomic E-state index is -0.626. The number of rotatable bonds is 7. The highest BCUT2D eigenvalue weighted by molar-refractivity contribution is 6.32. The van der Waals surface area contributed by atoms with E-state index in [9.17, 15) is 9.59 Å². The molecule has 0 aliphatic rings. The summed E-state index contributed by atoms with van der Waals surface area (Å²) < 4.78 is 10.3. The van der Waals surface area contributed by atoms with Crippen LogP contribution in [0, 0.1) is 0 Å². The van der Waals surface area contributed by atoms with Crippen LogP contribution in [0.2, 0.25) is 5.02 Å². The number of nitrogens with one attached hydrogen (secondary N) is 2. The van der Waals surface area contributed by atoms with Crippen LogP contribution in [0.25, 0.3) is 0 Å². The van der Waals surface area contributed by atoms with Crippen molar-refractivity contribution in [1.29, 1.82) is 0 Å². The van der Waals surface area contributed by atoms with Gasteiger partial charge in [-0.25, -0.2) is 0 Å².